The molecule has 1 aromatic heterocycles. The van der Waals surface area contributed by atoms with Gasteiger partial charge in [0.05, 0.1) is 22.4 Å². The maximum atomic E-state index is 13.2. The van der Waals surface area contributed by atoms with Gasteiger partial charge in [-0.15, -0.1) is 0 Å². The number of aliphatic hydroxyl groups excluding tert-OH is 1. The van der Waals surface area contributed by atoms with Crippen LogP contribution in [0.2, 0.25) is 0 Å². The zero-order chi connectivity index (χ0) is 21.3. The molecule has 160 valence electrons. The Morgan fingerprint density at radius 1 is 1.23 bits per heavy atom. The SMILES string of the molecule is O=C(Nc1ncc(F)s1)/C(=N/O[C@H]1CC[C@H](O)C1)c1ccc(S(=O)(=O)C2CC2)cc1. The van der Waals surface area contributed by atoms with Crippen LogP contribution >= 0.6 is 11.3 Å². The van der Waals surface area contributed by atoms with Crippen LogP contribution in [0, 0.1) is 5.13 Å². The summed E-state index contributed by atoms with van der Waals surface area (Å²) in [6, 6.07) is 5.86. The third-order valence-corrected chi connectivity index (χ3v) is 7.96. The summed E-state index contributed by atoms with van der Waals surface area (Å²) in [5.74, 6) is -0.666. The van der Waals surface area contributed by atoms with Crippen LogP contribution in [0.4, 0.5) is 9.52 Å². The summed E-state index contributed by atoms with van der Waals surface area (Å²) in [5, 5.41) is 15.3. The van der Waals surface area contributed by atoms with Gasteiger partial charge >= 0.3 is 0 Å². The van der Waals surface area contributed by atoms with Gasteiger partial charge in [0.2, 0.25) is 0 Å². The number of hydrogen-bond acceptors (Lipinski definition) is 8. The second kappa shape index (κ2) is 8.40. The van der Waals surface area contributed by atoms with Crippen molar-refractivity contribution in [3.8, 4) is 0 Å². The molecule has 2 aliphatic rings. The Labute approximate surface area is 176 Å². The molecule has 2 fully saturated rings. The molecule has 8 nitrogen and oxygen atoms in total. The van der Waals surface area contributed by atoms with Crippen molar-refractivity contribution in [3.05, 3.63) is 41.2 Å². The van der Waals surface area contributed by atoms with Gasteiger partial charge in [-0.05, 0) is 37.8 Å². The zero-order valence-corrected chi connectivity index (χ0v) is 17.5. The van der Waals surface area contributed by atoms with E-state index in [0.717, 1.165) is 6.20 Å². The average molecular weight is 454 g/mol. The van der Waals surface area contributed by atoms with E-state index in [2.05, 4.69) is 15.5 Å². The summed E-state index contributed by atoms with van der Waals surface area (Å²) in [6.45, 7) is 0. The number of benzene rings is 1. The summed E-state index contributed by atoms with van der Waals surface area (Å²) in [6.07, 6.45) is 3.13. The molecule has 0 unspecified atom stereocenters. The van der Waals surface area contributed by atoms with E-state index in [0.29, 0.717) is 49.0 Å². The topological polar surface area (TPSA) is 118 Å². The number of anilines is 1. The van der Waals surface area contributed by atoms with E-state index in [-0.39, 0.29) is 27.1 Å². The predicted molar refractivity (Wildman–Crippen MR) is 109 cm³/mol. The molecule has 0 radical (unpaired) electrons. The molecule has 2 saturated carbocycles. The quantitative estimate of drug-likeness (QED) is 0.491. The first-order valence-electron chi connectivity index (χ1n) is 9.52. The number of nitrogens with zero attached hydrogens (tertiary/aromatic N) is 2. The third kappa shape index (κ3) is 4.68. The Balaban J connectivity index is 1.58. The number of amides is 1. The highest BCUT2D eigenvalue weighted by atomic mass is 32.2. The molecule has 2 atom stereocenters. The van der Waals surface area contributed by atoms with Gasteiger partial charge in [-0.1, -0.05) is 28.6 Å². The maximum absolute atomic E-state index is 13.2. The highest BCUT2D eigenvalue weighted by Gasteiger charge is 2.36. The van der Waals surface area contributed by atoms with Crippen molar-refractivity contribution in [1.29, 1.82) is 0 Å². The van der Waals surface area contributed by atoms with Crippen molar-refractivity contribution >= 4 is 37.9 Å². The molecule has 11 heteroatoms. The Kier molecular flexibility index (Phi) is 5.85. The molecule has 2 N–H and O–H groups in total. The summed E-state index contributed by atoms with van der Waals surface area (Å²) >= 11 is 0.670. The van der Waals surface area contributed by atoms with E-state index in [4.69, 9.17) is 4.84 Å². The lowest BCUT2D eigenvalue weighted by molar-refractivity contribution is -0.110. The number of rotatable bonds is 7. The van der Waals surface area contributed by atoms with E-state index in [9.17, 15) is 22.7 Å². The van der Waals surface area contributed by atoms with E-state index in [1.54, 1.807) is 0 Å². The summed E-state index contributed by atoms with van der Waals surface area (Å²) in [5.41, 5.74) is 0.250. The van der Waals surface area contributed by atoms with Gasteiger partial charge in [0, 0.05) is 12.0 Å². The van der Waals surface area contributed by atoms with E-state index >= 15 is 0 Å². The van der Waals surface area contributed by atoms with Crippen LogP contribution in [0.1, 0.15) is 37.7 Å². The summed E-state index contributed by atoms with van der Waals surface area (Å²) in [4.78, 5) is 22.1. The van der Waals surface area contributed by atoms with Crippen LogP contribution in [0.5, 0.6) is 0 Å². The lowest BCUT2D eigenvalue weighted by Gasteiger charge is -2.11. The number of thiazole rings is 1. The summed E-state index contributed by atoms with van der Waals surface area (Å²) < 4.78 is 38.0. The van der Waals surface area contributed by atoms with Crippen molar-refractivity contribution < 1.29 is 27.5 Å². The van der Waals surface area contributed by atoms with Crippen LogP contribution in [0.15, 0.2) is 40.5 Å². The number of oxime groups is 1. The normalized spacial score (nSPS) is 22.1. The van der Waals surface area contributed by atoms with Gasteiger partial charge in [-0.3, -0.25) is 10.1 Å². The van der Waals surface area contributed by atoms with Gasteiger partial charge in [0.1, 0.15) is 6.10 Å². The van der Waals surface area contributed by atoms with E-state index in [1.807, 2.05) is 0 Å². The first-order valence-corrected chi connectivity index (χ1v) is 11.9. The minimum Gasteiger partial charge on any atom is -0.393 e. The number of hydrogen-bond donors (Lipinski definition) is 2. The van der Waals surface area contributed by atoms with Gasteiger partial charge in [0.15, 0.2) is 25.8 Å². The molecular weight excluding hydrogens is 433 g/mol. The molecule has 2 aromatic rings. The monoisotopic (exact) mass is 453 g/mol. The Morgan fingerprint density at radius 2 is 1.97 bits per heavy atom. The fourth-order valence-electron chi connectivity index (χ4n) is 3.21. The highest BCUT2D eigenvalue weighted by molar-refractivity contribution is 7.92. The second-order valence-electron chi connectivity index (χ2n) is 7.33. The Bertz CT molecular complexity index is 1060. The molecule has 4 rings (SSSR count). The first-order chi connectivity index (χ1) is 14.3. The molecule has 30 heavy (non-hydrogen) atoms. The van der Waals surface area contributed by atoms with Crippen molar-refractivity contribution in [2.75, 3.05) is 5.32 Å². The number of carbonyl (C=O) groups is 1. The standard InChI is InChI=1S/C19H20FN3O5S2/c20-16-10-21-19(29-16)22-18(25)17(23-28-13-4-3-12(24)9-13)11-1-5-14(6-2-11)30(26,27)15-7-8-15/h1-2,5-6,10,12-13,15,24H,3-4,7-9H2,(H,21,22,25)/b23-17+/t12-,13-/m0/s1. The van der Waals surface area contributed by atoms with Crippen molar-refractivity contribution in [1.82, 2.24) is 4.98 Å². The van der Waals surface area contributed by atoms with Gasteiger partial charge < -0.3 is 9.94 Å². The fraction of sp³-hybridized carbons (Fsp3) is 0.421. The molecule has 2 aliphatic carbocycles. The molecule has 0 bridgehead atoms. The molecule has 1 amide bonds. The largest absolute Gasteiger partial charge is 0.393 e. The fourth-order valence-corrected chi connectivity index (χ4v) is 5.40. The van der Waals surface area contributed by atoms with Gasteiger partial charge in [0.25, 0.3) is 5.91 Å². The molecule has 0 saturated heterocycles. The lowest BCUT2D eigenvalue weighted by atomic mass is 10.1. The number of nitrogens with one attached hydrogen (secondary N) is 1. The minimum absolute atomic E-state index is 0.0643. The van der Waals surface area contributed by atoms with E-state index in [1.165, 1.54) is 24.3 Å². The van der Waals surface area contributed by atoms with Crippen molar-refractivity contribution in [2.24, 2.45) is 5.16 Å². The lowest BCUT2D eigenvalue weighted by Crippen LogP contribution is -2.25. The Hall–Kier alpha value is -2.37. The molecule has 0 aliphatic heterocycles. The van der Waals surface area contributed by atoms with Crippen LogP contribution in [-0.2, 0) is 19.5 Å². The Morgan fingerprint density at radius 3 is 2.53 bits per heavy atom. The average Bonchev–Trinajstić information content (AvgIpc) is 3.39. The smallest absolute Gasteiger partial charge is 0.280 e. The van der Waals surface area contributed by atoms with Crippen molar-refractivity contribution in [3.63, 3.8) is 0 Å². The van der Waals surface area contributed by atoms with Gasteiger partial charge in [-0.25, -0.2) is 13.4 Å². The zero-order valence-electron chi connectivity index (χ0n) is 15.8. The molecule has 1 aromatic carbocycles. The molecular formula is C19H20FN3O5S2. The predicted octanol–water partition coefficient (Wildman–Crippen LogP) is 2.49. The highest BCUT2D eigenvalue weighted by Crippen LogP contribution is 2.33. The molecule has 0 spiro atoms. The first kappa shape index (κ1) is 20.9. The van der Waals surface area contributed by atoms with Crippen LogP contribution in [0.25, 0.3) is 0 Å². The van der Waals surface area contributed by atoms with Crippen LogP contribution in [0.3, 0.4) is 0 Å². The van der Waals surface area contributed by atoms with Gasteiger partial charge in [-0.2, -0.15) is 4.39 Å². The molecule has 1 heterocycles. The van der Waals surface area contributed by atoms with E-state index < -0.39 is 27.0 Å². The number of aromatic nitrogens is 1. The number of carbonyl (C=O) groups excluding carboxylic acids is 1. The number of sulfone groups is 1. The van der Waals surface area contributed by atoms with Crippen molar-refractivity contribution in [2.45, 2.75) is 54.5 Å². The number of aliphatic hydroxyl groups is 1. The maximum Gasteiger partial charge on any atom is 0.280 e. The second-order valence-corrected chi connectivity index (χ2v) is 10.5. The number of halogens is 1. The minimum atomic E-state index is -3.36. The third-order valence-electron chi connectivity index (χ3n) is 4.98. The summed E-state index contributed by atoms with van der Waals surface area (Å²) in [7, 11) is -3.36. The van der Waals surface area contributed by atoms with Crippen LogP contribution < -0.4 is 5.32 Å². The van der Waals surface area contributed by atoms with Crippen LogP contribution in [-0.4, -0.2) is 47.6 Å².